The molecule has 0 saturated heterocycles. The summed E-state index contributed by atoms with van der Waals surface area (Å²) in [5, 5.41) is 8.83. The zero-order valence-corrected chi connectivity index (χ0v) is 24.3. The van der Waals surface area contributed by atoms with Crippen molar-refractivity contribution >= 4 is 10.1 Å². The molecule has 30 heavy (non-hydrogen) atoms. The van der Waals surface area contributed by atoms with E-state index in [4.69, 9.17) is 0 Å². The van der Waals surface area contributed by atoms with E-state index in [0.29, 0.717) is 12.8 Å². The quantitative estimate of drug-likeness (QED) is 0.146. The third kappa shape index (κ3) is 22.7. The van der Waals surface area contributed by atoms with Crippen LogP contribution in [0.25, 0.3) is 0 Å². The Morgan fingerprint density at radius 3 is 1.17 bits per heavy atom. The summed E-state index contributed by atoms with van der Waals surface area (Å²) in [6.07, 6.45) is 22.9. The SMILES string of the molecule is CCC(O)CCCCCCCCCCCCCCCCCCC(CC)S(=O)(=O)[O-].[K+]. The monoisotopic (exact) mass is 472 g/mol. The molecule has 0 aromatic rings. The van der Waals surface area contributed by atoms with Crippen LogP contribution in [0.15, 0.2) is 0 Å². The summed E-state index contributed by atoms with van der Waals surface area (Å²) >= 11 is 0. The van der Waals surface area contributed by atoms with Crippen molar-refractivity contribution in [3.8, 4) is 0 Å². The van der Waals surface area contributed by atoms with Gasteiger partial charge in [0, 0.05) is 5.25 Å². The smallest absolute Gasteiger partial charge is 0.748 e. The maximum atomic E-state index is 11.0. The van der Waals surface area contributed by atoms with E-state index in [1.54, 1.807) is 6.92 Å². The predicted molar refractivity (Wildman–Crippen MR) is 123 cm³/mol. The minimum absolute atomic E-state index is 0. The van der Waals surface area contributed by atoms with Gasteiger partial charge < -0.3 is 9.66 Å². The van der Waals surface area contributed by atoms with Gasteiger partial charge >= 0.3 is 51.4 Å². The standard InChI is InChI=1S/C24H50O4S.K/c1-3-23(25)21-19-17-15-13-11-9-7-5-6-8-10-12-14-16-18-20-22-24(4-2)29(26,27)28;/h23-25H,3-22H2,1-2H3,(H,26,27,28);/q;+1/p-1. The van der Waals surface area contributed by atoms with Crippen LogP contribution in [0, 0.1) is 0 Å². The third-order valence-corrected chi connectivity index (χ3v) is 7.53. The van der Waals surface area contributed by atoms with E-state index in [2.05, 4.69) is 0 Å². The minimum atomic E-state index is -4.10. The largest absolute Gasteiger partial charge is 1.00 e. The Morgan fingerprint density at radius 2 is 0.900 bits per heavy atom. The molecule has 1 N–H and O–H groups in total. The first-order chi connectivity index (χ1) is 13.9. The molecule has 0 bridgehead atoms. The van der Waals surface area contributed by atoms with Crippen molar-refractivity contribution in [2.24, 2.45) is 0 Å². The van der Waals surface area contributed by atoms with Gasteiger partial charge in [0.05, 0.1) is 16.2 Å². The zero-order chi connectivity index (χ0) is 21.8. The van der Waals surface area contributed by atoms with Gasteiger partial charge in [-0.15, -0.1) is 0 Å². The maximum Gasteiger partial charge on any atom is 1.00 e. The average molecular weight is 473 g/mol. The molecule has 0 amide bonds. The maximum absolute atomic E-state index is 11.0. The second-order valence-electron chi connectivity index (χ2n) is 8.82. The zero-order valence-electron chi connectivity index (χ0n) is 20.4. The first-order valence-corrected chi connectivity index (χ1v) is 14.0. The molecule has 0 spiro atoms. The molecule has 0 radical (unpaired) electrons. The molecule has 0 aromatic carbocycles. The van der Waals surface area contributed by atoms with Gasteiger partial charge in [-0.05, 0) is 25.7 Å². The van der Waals surface area contributed by atoms with Crippen LogP contribution in [-0.2, 0) is 10.1 Å². The van der Waals surface area contributed by atoms with Gasteiger partial charge in [0.1, 0.15) is 0 Å². The molecule has 0 aliphatic rings. The molecule has 6 heteroatoms. The Labute approximate surface area is 230 Å². The summed E-state index contributed by atoms with van der Waals surface area (Å²) in [7, 11) is -4.10. The minimum Gasteiger partial charge on any atom is -0.748 e. The van der Waals surface area contributed by atoms with Crippen molar-refractivity contribution in [3.63, 3.8) is 0 Å². The summed E-state index contributed by atoms with van der Waals surface area (Å²) in [5.41, 5.74) is 0. The van der Waals surface area contributed by atoms with Gasteiger partial charge in [-0.3, -0.25) is 0 Å². The molecule has 2 atom stereocenters. The van der Waals surface area contributed by atoms with Crippen molar-refractivity contribution in [2.45, 2.75) is 154 Å². The van der Waals surface area contributed by atoms with Gasteiger partial charge in [0.2, 0.25) is 0 Å². The molecule has 176 valence electrons. The van der Waals surface area contributed by atoms with Gasteiger partial charge in [0.25, 0.3) is 0 Å². The topological polar surface area (TPSA) is 77.4 Å². The first kappa shape index (κ1) is 33.7. The number of aliphatic hydroxyl groups excluding tert-OH is 1. The Hall–Kier alpha value is 1.51. The molecule has 0 aliphatic carbocycles. The van der Waals surface area contributed by atoms with E-state index in [1.165, 1.54) is 83.5 Å². The Balaban J connectivity index is 0. The van der Waals surface area contributed by atoms with E-state index in [1.807, 2.05) is 6.92 Å². The summed E-state index contributed by atoms with van der Waals surface area (Å²) in [6, 6.07) is 0. The van der Waals surface area contributed by atoms with Crippen molar-refractivity contribution in [1.82, 2.24) is 0 Å². The summed E-state index contributed by atoms with van der Waals surface area (Å²) in [6.45, 7) is 3.83. The fraction of sp³-hybridized carbons (Fsp3) is 1.00. The average Bonchev–Trinajstić information content (AvgIpc) is 2.68. The molecule has 4 nitrogen and oxygen atoms in total. The van der Waals surface area contributed by atoms with Crippen molar-refractivity contribution in [3.05, 3.63) is 0 Å². The second kappa shape index (κ2) is 23.7. The molecular weight excluding hydrogens is 423 g/mol. The number of hydrogen-bond acceptors (Lipinski definition) is 4. The molecular formula is C24H49KO4S. The van der Waals surface area contributed by atoms with Gasteiger partial charge in [-0.25, -0.2) is 8.42 Å². The van der Waals surface area contributed by atoms with E-state index in [0.717, 1.165) is 32.1 Å². The Kier molecular flexibility index (Phi) is 26.6. The van der Waals surface area contributed by atoms with Crippen LogP contribution < -0.4 is 51.4 Å². The Morgan fingerprint density at radius 1 is 0.600 bits per heavy atom. The molecule has 0 heterocycles. The second-order valence-corrected chi connectivity index (χ2v) is 10.5. The number of hydrogen-bond donors (Lipinski definition) is 1. The van der Waals surface area contributed by atoms with Gasteiger partial charge in [0.15, 0.2) is 0 Å². The fourth-order valence-electron chi connectivity index (χ4n) is 3.98. The molecule has 2 unspecified atom stereocenters. The molecule has 0 aliphatic heterocycles. The molecule has 0 rings (SSSR count). The third-order valence-electron chi connectivity index (χ3n) is 6.15. The van der Waals surface area contributed by atoms with Crippen LogP contribution in [0.3, 0.4) is 0 Å². The van der Waals surface area contributed by atoms with Crippen molar-refractivity contribution in [2.75, 3.05) is 0 Å². The van der Waals surface area contributed by atoms with E-state index >= 15 is 0 Å². The Bertz CT molecular complexity index is 442. The van der Waals surface area contributed by atoms with Gasteiger partial charge in [-0.2, -0.15) is 0 Å². The van der Waals surface area contributed by atoms with Crippen LogP contribution >= 0.6 is 0 Å². The van der Waals surface area contributed by atoms with Crippen LogP contribution in [0.1, 0.15) is 142 Å². The van der Waals surface area contributed by atoms with Crippen LogP contribution in [0.2, 0.25) is 0 Å². The molecule has 0 aromatic heterocycles. The van der Waals surface area contributed by atoms with Crippen LogP contribution in [-0.4, -0.2) is 29.4 Å². The predicted octanol–water partition coefficient (Wildman–Crippen LogP) is 4.11. The summed E-state index contributed by atoms with van der Waals surface area (Å²) in [4.78, 5) is 0. The first-order valence-electron chi connectivity index (χ1n) is 12.5. The molecule has 0 saturated carbocycles. The van der Waals surface area contributed by atoms with E-state index in [9.17, 15) is 18.1 Å². The number of unbranched alkanes of at least 4 members (excludes halogenated alkanes) is 15. The van der Waals surface area contributed by atoms with Crippen molar-refractivity contribution in [1.29, 1.82) is 0 Å². The normalized spacial score (nSPS) is 13.7. The van der Waals surface area contributed by atoms with E-state index < -0.39 is 15.4 Å². The summed E-state index contributed by atoms with van der Waals surface area (Å²) < 4.78 is 33.1. The van der Waals surface area contributed by atoms with Crippen molar-refractivity contribution < 1.29 is 69.5 Å². The van der Waals surface area contributed by atoms with E-state index in [-0.39, 0.29) is 57.5 Å². The fourth-order valence-corrected chi connectivity index (χ4v) is 4.85. The van der Waals surface area contributed by atoms with Gasteiger partial charge in [-0.1, -0.05) is 117 Å². The van der Waals surface area contributed by atoms with Crippen LogP contribution in [0.4, 0.5) is 0 Å². The number of rotatable bonds is 22. The summed E-state index contributed by atoms with van der Waals surface area (Å²) in [5.74, 6) is 0. The molecule has 0 fully saturated rings. The number of aliphatic hydroxyl groups is 1. The van der Waals surface area contributed by atoms with Crippen LogP contribution in [0.5, 0.6) is 0 Å².